The molecule has 0 unspecified atom stereocenters. The van der Waals surface area contributed by atoms with Gasteiger partial charge in [-0.1, -0.05) is 37.6 Å². The van der Waals surface area contributed by atoms with Crippen molar-refractivity contribution in [2.45, 2.75) is 45.6 Å². The molecule has 0 aliphatic heterocycles. The fraction of sp³-hybridized carbons (Fsp3) is 0.625. The summed E-state index contributed by atoms with van der Waals surface area (Å²) in [4.78, 5) is 0. The van der Waals surface area contributed by atoms with Gasteiger partial charge in [0.05, 0.1) is 0 Å². The minimum atomic E-state index is 0.649. The third kappa shape index (κ3) is 3.56. The largest absolute Gasteiger partial charge is 0.326 e. The first-order chi connectivity index (χ1) is 8.79. The van der Waals surface area contributed by atoms with Crippen LogP contribution in [0, 0.1) is 5.41 Å². The molecule has 1 aromatic rings. The molecule has 0 bridgehead atoms. The average molecular weight is 246 g/mol. The van der Waals surface area contributed by atoms with E-state index in [0.29, 0.717) is 12.0 Å². The van der Waals surface area contributed by atoms with Gasteiger partial charge in [-0.15, -0.1) is 0 Å². The molecule has 0 amide bonds. The molecule has 2 nitrogen and oxygen atoms in total. The van der Waals surface area contributed by atoms with E-state index >= 15 is 0 Å². The van der Waals surface area contributed by atoms with E-state index in [0.717, 1.165) is 13.0 Å². The summed E-state index contributed by atoms with van der Waals surface area (Å²) in [5.41, 5.74) is 9.09. The molecular formula is C16H26N2. The van der Waals surface area contributed by atoms with Crippen molar-refractivity contribution in [3.05, 3.63) is 35.4 Å². The van der Waals surface area contributed by atoms with Crippen molar-refractivity contribution in [1.29, 1.82) is 0 Å². The first-order valence-corrected chi connectivity index (χ1v) is 7.27. The lowest BCUT2D eigenvalue weighted by molar-refractivity contribution is 0.423. The summed E-state index contributed by atoms with van der Waals surface area (Å²) in [5, 5.41) is 3.63. The van der Waals surface area contributed by atoms with Gasteiger partial charge in [-0.2, -0.15) is 0 Å². The summed E-state index contributed by atoms with van der Waals surface area (Å²) in [5.74, 6) is 0. The molecule has 0 atom stereocenters. The molecule has 1 saturated carbocycles. The molecule has 3 N–H and O–H groups in total. The molecule has 2 rings (SSSR count). The van der Waals surface area contributed by atoms with E-state index < -0.39 is 0 Å². The van der Waals surface area contributed by atoms with E-state index in [9.17, 15) is 0 Å². The maximum absolute atomic E-state index is 5.75. The van der Waals surface area contributed by atoms with Gasteiger partial charge in [0.1, 0.15) is 0 Å². The SMILES string of the molecule is CCCC1(CNCCc2ccccc2CN)CC1. The van der Waals surface area contributed by atoms with Crippen LogP contribution in [0.25, 0.3) is 0 Å². The fourth-order valence-corrected chi connectivity index (χ4v) is 2.80. The van der Waals surface area contributed by atoms with Crippen LogP contribution in [0.3, 0.4) is 0 Å². The molecule has 2 heteroatoms. The monoisotopic (exact) mass is 246 g/mol. The first kappa shape index (κ1) is 13.6. The highest BCUT2D eigenvalue weighted by Gasteiger charge is 2.40. The Morgan fingerprint density at radius 2 is 1.94 bits per heavy atom. The van der Waals surface area contributed by atoms with Crippen LogP contribution >= 0.6 is 0 Å². The summed E-state index contributed by atoms with van der Waals surface area (Å²) in [7, 11) is 0. The van der Waals surface area contributed by atoms with Crippen molar-refractivity contribution in [2.75, 3.05) is 13.1 Å². The number of hydrogen-bond acceptors (Lipinski definition) is 2. The van der Waals surface area contributed by atoms with Crippen molar-refractivity contribution in [3.63, 3.8) is 0 Å². The van der Waals surface area contributed by atoms with Gasteiger partial charge >= 0.3 is 0 Å². The Morgan fingerprint density at radius 3 is 2.56 bits per heavy atom. The zero-order valence-corrected chi connectivity index (χ0v) is 11.5. The number of nitrogens with two attached hydrogens (primary N) is 1. The quantitative estimate of drug-likeness (QED) is 0.692. The Balaban J connectivity index is 1.72. The second kappa shape index (κ2) is 6.35. The molecule has 1 aliphatic carbocycles. The maximum atomic E-state index is 5.75. The predicted octanol–water partition coefficient (Wildman–Crippen LogP) is 2.86. The van der Waals surface area contributed by atoms with E-state index in [2.05, 4.69) is 36.5 Å². The van der Waals surface area contributed by atoms with Crippen LogP contribution in [0.15, 0.2) is 24.3 Å². The van der Waals surface area contributed by atoms with Crippen LogP contribution in [0.1, 0.15) is 43.7 Å². The second-order valence-electron chi connectivity index (χ2n) is 5.65. The van der Waals surface area contributed by atoms with Crippen molar-refractivity contribution in [1.82, 2.24) is 5.32 Å². The van der Waals surface area contributed by atoms with Crippen LogP contribution in [-0.4, -0.2) is 13.1 Å². The maximum Gasteiger partial charge on any atom is 0.0180 e. The highest BCUT2D eigenvalue weighted by Crippen LogP contribution is 2.48. The van der Waals surface area contributed by atoms with Crippen molar-refractivity contribution >= 4 is 0 Å². The molecule has 0 aromatic heterocycles. The zero-order chi connectivity index (χ0) is 12.8. The Bertz CT molecular complexity index is 369. The average Bonchev–Trinajstić information content (AvgIpc) is 3.16. The van der Waals surface area contributed by atoms with Gasteiger partial charge in [0, 0.05) is 13.1 Å². The van der Waals surface area contributed by atoms with Gasteiger partial charge in [0.2, 0.25) is 0 Å². The van der Waals surface area contributed by atoms with Crippen LogP contribution < -0.4 is 11.1 Å². The molecule has 100 valence electrons. The van der Waals surface area contributed by atoms with E-state index in [4.69, 9.17) is 5.73 Å². The predicted molar refractivity (Wildman–Crippen MR) is 77.5 cm³/mol. The fourth-order valence-electron chi connectivity index (χ4n) is 2.80. The summed E-state index contributed by atoms with van der Waals surface area (Å²) >= 11 is 0. The second-order valence-corrected chi connectivity index (χ2v) is 5.65. The van der Waals surface area contributed by atoms with E-state index in [1.54, 1.807) is 0 Å². The van der Waals surface area contributed by atoms with Crippen LogP contribution in [0.5, 0.6) is 0 Å². The zero-order valence-electron chi connectivity index (χ0n) is 11.5. The van der Waals surface area contributed by atoms with Gasteiger partial charge in [-0.05, 0) is 48.8 Å². The summed E-state index contributed by atoms with van der Waals surface area (Å²) in [6, 6.07) is 8.51. The Kier molecular flexibility index (Phi) is 4.79. The van der Waals surface area contributed by atoms with Gasteiger partial charge in [-0.25, -0.2) is 0 Å². The smallest absolute Gasteiger partial charge is 0.0180 e. The molecular weight excluding hydrogens is 220 g/mol. The lowest BCUT2D eigenvalue weighted by Crippen LogP contribution is -2.26. The number of benzene rings is 1. The third-order valence-corrected chi connectivity index (χ3v) is 4.15. The van der Waals surface area contributed by atoms with Gasteiger partial charge < -0.3 is 11.1 Å². The minimum Gasteiger partial charge on any atom is -0.326 e. The van der Waals surface area contributed by atoms with Crippen molar-refractivity contribution in [3.8, 4) is 0 Å². The van der Waals surface area contributed by atoms with Crippen LogP contribution in [0.4, 0.5) is 0 Å². The van der Waals surface area contributed by atoms with E-state index in [-0.39, 0.29) is 0 Å². The summed E-state index contributed by atoms with van der Waals surface area (Å²) in [6.45, 7) is 5.21. The van der Waals surface area contributed by atoms with Crippen molar-refractivity contribution in [2.24, 2.45) is 11.1 Å². The van der Waals surface area contributed by atoms with Crippen LogP contribution in [-0.2, 0) is 13.0 Å². The molecule has 0 saturated heterocycles. The van der Waals surface area contributed by atoms with Gasteiger partial charge in [0.15, 0.2) is 0 Å². The molecule has 1 fully saturated rings. The van der Waals surface area contributed by atoms with Gasteiger partial charge in [-0.3, -0.25) is 0 Å². The number of nitrogens with one attached hydrogen (secondary N) is 1. The molecule has 0 radical (unpaired) electrons. The first-order valence-electron chi connectivity index (χ1n) is 7.27. The summed E-state index contributed by atoms with van der Waals surface area (Å²) in [6.07, 6.45) is 6.65. The normalized spacial score (nSPS) is 16.8. The Labute approximate surface area is 111 Å². The lowest BCUT2D eigenvalue weighted by atomic mass is 10.0. The van der Waals surface area contributed by atoms with Crippen molar-refractivity contribution < 1.29 is 0 Å². The third-order valence-electron chi connectivity index (χ3n) is 4.15. The molecule has 0 spiro atoms. The highest BCUT2D eigenvalue weighted by molar-refractivity contribution is 5.27. The Morgan fingerprint density at radius 1 is 1.22 bits per heavy atom. The Hall–Kier alpha value is -0.860. The van der Waals surface area contributed by atoms with E-state index in [1.807, 2.05) is 0 Å². The number of rotatable bonds is 8. The van der Waals surface area contributed by atoms with E-state index in [1.165, 1.54) is 43.4 Å². The standard InChI is InChI=1S/C16H26N2/c1-2-8-16(9-10-16)13-18-11-7-14-5-3-4-6-15(14)12-17/h3-6,18H,2,7-13,17H2,1H3. The van der Waals surface area contributed by atoms with Crippen LogP contribution in [0.2, 0.25) is 0 Å². The number of hydrogen-bond donors (Lipinski definition) is 2. The lowest BCUT2D eigenvalue weighted by Gasteiger charge is -2.15. The summed E-state index contributed by atoms with van der Waals surface area (Å²) < 4.78 is 0. The topological polar surface area (TPSA) is 38.0 Å². The molecule has 1 aromatic carbocycles. The molecule has 18 heavy (non-hydrogen) atoms. The molecule has 0 heterocycles. The van der Waals surface area contributed by atoms with Gasteiger partial charge in [0.25, 0.3) is 0 Å². The highest BCUT2D eigenvalue weighted by atomic mass is 14.9. The molecule has 1 aliphatic rings. The minimum absolute atomic E-state index is 0.649.